The number of alkyl halides is 1. The molecule has 2 aliphatic rings. The number of halogens is 1. The van der Waals surface area contributed by atoms with Gasteiger partial charge in [0.1, 0.15) is 0 Å². The molecule has 2 fully saturated rings. The van der Waals surface area contributed by atoms with Crippen molar-refractivity contribution < 1.29 is 5.11 Å². The number of fused-ring (bicyclic) bond motifs is 2. The van der Waals surface area contributed by atoms with Gasteiger partial charge in [-0.15, -0.1) is 11.6 Å². The van der Waals surface area contributed by atoms with E-state index in [4.69, 9.17) is 16.7 Å². The summed E-state index contributed by atoms with van der Waals surface area (Å²) in [6.07, 6.45) is 4.59. The average Bonchev–Trinajstić information content (AvgIpc) is 2.38. The van der Waals surface area contributed by atoms with Crippen LogP contribution >= 0.6 is 11.6 Å². The van der Waals surface area contributed by atoms with Crippen molar-refractivity contribution in [2.24, 2.45) is 16.7 Å². The summed E-state index contributed by atoms with van der Waals surface area (Å²) in [6, 6.07) is 0. The van der Waals surface area contributed by atoms with Crippen LogP contribution in [0.5, 0.6) is 0 Å². The number of hydrogen-bond donors (Lipinski definition) is 1. The van der Waals surface area contributed by atoms with Gasteiger partial charge >= 0.3 is 0 Å². The molecule has 2 saturated carbocycles. The van der Waals surface area contributed by atoms with E-state index in [-0.39, 0.29) is 5.41 Å². The van der Waals surface area contributed by atoms with E-state index in [1.807, 2.05) is 0 Å². The fraction of sp³-hybridized carbons (Fsp3) is 1.00. The SMILES string of the molecule is CC1(C)[C@H]2CC[C@]1(CCO)[C@H](Cl)C2. The van der Waals surface area contributed by atoms with Crippen molar-refractivity contribution in [2.45, 2.75) is 44.9 Å². The molecular weight excluding hydrogens is 184 g/mol. The Labute approximate surface area is 85.5 Å². The molecule has 0 spiro atoms. The van der Waals surface area contributed by atoms with Crippen LogP contribution in [0.25, 0.3) is 0 Å². The van der Waals surface area contributed by atoms with E-state index in [0.29, 0.717) is 17.4 Å². The lowest BCUT2D eigenvalue weighted by molar-refractivity contribution is 0.0897. The molecule has 2 rings (SSSR count). The van der Waals surface area contributed by atoms with Crippen LogP contribution < -0.4 is 0 Å². The Morgan fingerprint density at radius 2 is 2.15 bits per heavy atom. The molecule has 2 heteroatoms. The molecule has 2 bridgehead atoms. The summed E-state index contributed by atoms with van der Waals surface area (Å²) in [5.74, 6) is 0.793. The summed E-state index contributed by atoms with van der Waals surface area (Å²) in [5, 5.41) is 9.43. The smallest absolute Gasteiger partial charge is 0.0437 e. The quantitative estimate of drug-likeness (QED) is 0.683. The standard InChI is InChI=1S/C11H19ClO/c1-10(2)8-3-4-11(10,5-6-13)9(12)7-8/h8-9,13H,3-7H2,1-2H3/t8-,9+,11-/m0/s1. The van der Waals surface area contributed by atoms with E-state index in [9.17, 15) is 0 Å². The van der Waals surface area contributed by atoms with Crippen molar-refractivity contribution in [3.8, 4) is 0 Å². The predicted octanol–water partition coefficient (Wildman–Crippen LogP) is 2.80. The van der Waals surface area contributed by atoms with E-state index in [1.54, 1.807) is 0 Å². The van der Waals surface area contributed by atoms with E-state index in [1.165, 1.54) is 12.8 Å². The molecule has 0 aliphatic heterocycles. The van der Waals surface area contributed by atoms with Gasteiger partial charge in [0.2, 0.25) is 0 Å². The normalized spacial score (nSPS) is 47.1. The molecule has 1 N–H and O–H groups in total. The first-order valence-electron chi connectivity index (χ1n) is 5.29. The minimum atomic E-state index is 0.230. The third kappa shape index (κ3) is 1.04. The Hall–Kier alpha value is 0.250. The number of aliphatic hydroxyl groups is 1. The van der Waals surface area contributed by atoms with Gasteiger partial charge in [0.05, 0.1) is 0 Å². The molecule has 3 atom stereocenters. The zero-order chi connectivity index (χ0) is 9.69. The molecule has 76 valence electrons. The number of aliphatic hydroxyl groups excluding tert-OH is 1. The molecule has 13 heavy (non-hydrogen) atoms. The van der Waals surface area contributed by atoms with Gasteiger partial charge in [-0.25, -0.2) is 0 Å². The predicted molar refractivity (Wildman–Crippen MR) is 54.9 cm³/mol. The Morgan fingerprint density at radius 1 is 1.46 bits per heavy atom. The highest BCUT2D eigenvalue weighted by atomic mass is 35.5. The summed E-state index contributed by atoms with van der Waals surface area (Å²) in [5.41, 5.74) is 0.579. The lowest BCUT2D eigenvalue weighted by atomic mass is 9.67. The van der Waals surface area contributed by atoms with Crippen LogP contribution in [0.1, 0.15) is 39.5 Å². The second-order valence-corrected chi connectivity index (χ2v) is 5.82. The van der Waals surface area contributed by atoms with E-state index < -0.39 is 0 Å². The average molecular weight is 203 g/mol. The molecule has 0 aromatic rings. The number of rotatable bonds is 2. The van der Waals surface area contributed by atoms with Crippen molar-refractivity contribution in [1.82, 2.24) is 0 Å². The van der Waals surface area contributed by atoms with Crippen molar-refractivity contribution in [2.75, 3.05) is 6.61 Å². The monoisotopic (exact) mass is 202 g/mol. The molecule has 0 amide bonds. The number of hydrogen-bond acceptors (Lipinski definition) is 1. The van der Waals surface area contributed by atoms with E-state index in [0.717, 1.165) is 18.8 Å². The van der Waals surface area contributed by atoms with Crippen molar-refractivity contribution in [3.05, 3.63) is 0 Å². The topological polar surface area (TPSA) is 20.2 Å². The van der Waals surface area contributed by atoms with Gasteiger partial charge in [-0.3, -0.25) is 0 Å². The first-order valence-corrected chi connectivity index (χ1v) is 5.73. The molecule has 1 nitrogen and oxygen atoms in total. The van der Waals surface area contributed by atoms with Crippen molar-refractivity contribution in [1.29, 1.82) is 0 Å². The lowest BCUT2D eigenvalue weighted by Gasteiger charge is -2.40. The second-order valence-electron chi connectivity index (χ2n) is 5.29. The second kappa shape index (κ2) is 2.87. The zero-order valence-corrected chi connectivity index (χ0v) is 9.27. The van der Waals surface area contributed by atoms with Crippen LogP contribution in [-0.4, -0.2) is 17.1 Å². The third-order valence-corrected chi connectivity index (χ3v) is 5.49. The summed E-state index contributed by atoms with van der Waals surface area (Å²) < 4.78 is 0. The van der Waals surface area contributed by atoms with Crippen LogP contribution in [-0.2, 0) is 0 Å². The van der Waals surface area contributed by atoms with Crippen LogP contribution in [0.4, 0.5) is 0 Å². The summed E-state index contributed by atoms with van der Waals surface area (Å²) in [6.45, 7) is 4.96. The Morgan fingerprint density at radius 3 is 2.54 bits per heavy atom. The first-order chi connectivity index (χ1) is 6.04. The first kappa shape index (κ1) is 9.79. The van der Waals surface area contributed by atoms with Crippen molar-refractivity contribution in [3.63, 3.8) is 0 Å². The molecule has 2 aliphatic carbocycles. The summed E-state index contributed by atoms with van der Waals surface area (Å²) in [7, 11) is 0. The van der Waals surface area contributed by atoms with Gasteiger partial charge in [0, 0.05) is 12.0 Å². The zero-order valence-electron chi connectivity index (χ0n) is 8.52. The minimum Gasteiger partial charge on any atom is -0.396 e. The largest absolute Gasteiger partial charge is 0.396 e. The highest BCUT2D eigenvalue weighted by Crippen LogP contribution is 2.68. The van der Waals surface area contributed by atoms with Crippen molar-refractivity contribution >= 4 is 11.6 Å². The summed E-state index contributed by atoms with van der Waals surface area (Å²) in [4.78, 5) is 0. The van der Waals surface area contributed by atoms with Gasteiger partial charge in [-0.05, 0) is 42.4 Å². The van der Waals surface area contributed by atoms with Gasteiger partial charge < -0.3 is 5.11 Å². The van der Waals surface area contributed by atoms with Crippen LogP contribution in [0.2, 0.25) is 0 Å². The molecule has 0 aromatic carbocycles. The lowest BCUT2D eigenvalue weighted by Crippen LogP contribution is -2.37. The highest BCUT2D eigenvalue weighted by Gasteiger charge is 2.62. The van der Waals surface area contributed by atoms with Gasteiger partial charge in [-0.2, -0.15) is 0 Å². The third-order valence-electron chi connectivity index (χ3n) is 4.89. The van der Waals surface area contributed by atoms with Gasteiger partial charge in [-0.1, -0.05) is 13.8 Å². The molecule has 0 aromatic heterocycles. The molecular formula is C11H19ClO. The van der Waals surface area contributed by atoms with E-state index in [2.05, 4.69) is 13.8 Å². The molecule has 0 unspecified atom stereocenters. The summed E-state index contributed by atoms with van der Waals surface area (Å²) >= 11 is 6.42. The molecule has 0 radical (unpaired) electrons. The molecule has 0 saturated heterocycles. The van der Waals surface area contributed by atoms with E-state index >= 15 is 0 Å². The van der Waals surface area contributed by atoms with Gasteiger partial charge in [0.15, 0.2) is 0 Å². The van der Waals surface area contributed by atoms with Crippen LogP contribution in [0, 0.1) is 16.7 Å². The minimum absolute atomic E-state index is 0.230. The maximum absolute atomic E-state index is 9.13. The van der Waals surface area contributed by atoms with Gasteiger partial charge in [0.25, 0.3) is 0 Å². The highest BCUT2D eigenvalue weighted by molar-refractivity contribution is 6.21. The molecule has 0 heterocycles. The van der Waals surface area contributed by atoms with Crippen LogP contribution in [0.15, 0.2) is 0 Å². The Balaban J connectivity index is 2.31. The fourth-order valence-electron chi connectivity index (χ4n) is 3.77. The maximum atomic E-state index is 9.13. The van der Waals surface area contributed by atoms with Crippen LogP contribution in [0.3, 0.4) is 0 Å². The Kier molecular flexibility index (Phi) is 2.16. The Bertz CT molecular complexity index is 214. The fourth-order valence-corrected chi connectivity index (χ4v) is 4.49. The maximum Gasteiger partial charge on any atom is 0.0437 e.